The van der Waals surface area contributed by atoms with Crippen molar-refractivity contribution >= 4 is 11.6 Å². The first-order chi connectivity index (χ1) is 9.97. The highest BCUT2D eigenvalue weighted by atomic mass is 16.1. The normalized spacial score (nSPS) is 19.0. The molecular formula is C18H20N2O. The van der Waals surface area contributed by atoms with Gasteiger partial charge in [-0.2, -0.15) is 0 Å². The van der Waals surface area contributed by atoms with Crippen molar-refractivity contribution in [1.29, 1.82) is 0 Å². The molecule has 0 bridgehead atoms. The second kappa shape index (κ2) is 4.92. The molecule has 1 aliphatic carbocycles. The van der Waals surface area contributed by atoms with Gasteiger partial charge < -0.3 is 11.1 Å². The average Bonchev–Trinajstić information content (AvgIpc) is 2.70. The lowest BCUT2D eigenvalue weighted by Gasteiger charge is -2.29. The molecular weight excluding hydrogens is 260 g/mol. The SMILES string of the molecule is CC1(C)Cc2ccccc2C1Nc1cccc(C(N)=O)c1. The van der Waals surface area contributed by atoms with Crippen molar-refractivity contribution in [2.45, 2.75) is 26.3 Å². The van der Waals surface area contributed by atoms with Gasteiger partial charge in [-0.05, 0) is 41.2 Å². The third kappa shape index (κ3) is 2.51. The third-order valence-corrected chi connectivity index (χ3v) is 4.25. The molecule has 0 aromatic heterocycles. The van der Waals surface area contributed by atoms with Crippen LogP contribution in [-0.4, -0.2) is 5.91 Å². The van der Waals surface area contributed by atoms with Gasteiger partial charge in [-0.1, -0.05) is 44.2 Å². The van der Waals surface area contributed by atoms with Gasteiger partial charge in [0, 0.05) is 11.3 Å². The van der Waals surface area contributed by atoms with E-state index in [2.05, 4.69) is 43.4 Å². The highest BCUT2D eigenvalue weighted by Gasteiger charge is 2.38. The lowest BCUT2D eigenvalue weighted by Crippen LogP contribution is -2.24. The molecule has 0 spiro atoms. The van der Waals surface area contributed by atoms with Crippen molar-refractivity contribution in [2.24, 2.45) is 11.1 Å². The zero-order valence-electron chi connectivity index (χ0n) is 12.4. The highest BCUT2D eigenvalue weighted by molar-refractivity contribution is 5.93. The topological polar surface area (TPSA) is 55.1 Å². The molecule has 0 saturated carbocycles. The Morgan fingerprint density at radius 1 is 1.19 bits per heavy atom. The molecule has 0 heterocycles. The minimum absolute atomic E-state index is 0.131. The number of amides is 1. The molecule has 0 fully saturated rings. The number of fused-ring (bicyclic) bond motifs is 1. The minimum Gasteiger partial charge on any atom is -0.378 e. The zero-order valence-corrected chi connectivity index (χ0v) is 12.4. The molecule has 2 aromatic rings. The molecule has 3 heteroatoms. The van der Waals surface area contributed by atoms with Crippen molar-refractivity contribution in [2.75, 3.05) is 5.32 Å². The Bertz CT molecular complexity index is 691. The molecule has 21 heavy (non-hydrogen) atoms. The van der Waals surface area contributed by atoms with Gasteiger partial charge in [0.1, 0.15) is 0 Å². The van der Waals surface area contributed by atoms with E-state index in [1.54, 1.807) is 6.07 Å². The summed E-state index contributed by atoms with van der Waals surface area (Å²) in [7, 11) is 0. The van der Waals surface area contributed by atoms with Crippen LogP contribution in [0, 0.1) is 5.41 Å². The maximum Gasteiger partial charge on any atom is 0.248 e. The first-order valence-electron chi connectivity index (χ1n) is 7.21. The summed E-state index contributed by atoms with van der Waals surface area (Å²) in [5.41, 5.74) is 9.68. The number of rotatable bonds is 3. The zero-order chi connectivity index (χ0) is 15.0. The number of hydrogen-bond acceptors (Lipinski definition) is 2. The minimum atomic E-state index is -0.398. The number of hydrogen-bond donors (Lipinski definition) is 2. The van der Waals surface area contributed by atoms with Gasteiger partial charge in [0.25, 0.3) is 0 Å². The van der Waals surface area contributed by atoms with Crippen molar-refractivity contribution in [3.8, 4) is 0 Å². The van der Waals surface area contributed by atoms with Crippen LogP contribution in [-0.2, 0) is 6.42 Å². The summed E-state index contributed by atoms with van der Waals surface area (Å²) in [5, 5.41) is 3.57. The van der Waals surface area contributed by atoms with Crippen LogP contribution in [0.5, 0.6) is 0 Å². The Kier molecular flexibility index (Phi) is 3.20. The summed E-state index contributed by atoms with van der Waals surface area (Å²) >= 11 is 0. The van der Waals surface area contributed by atoms with E-state index in [9.17, 15) is 4.79 Å². The Labute approximate surface area is 125 Å². The fourth-order valence-corrected chi connectivity index (χ4v) is 3.19. The lowest BCUT2D eigenvalue weighted by atomic mass is 9.85. The van der Waals surface area contributed by atoms with Crippen LogP contribution in [0.1, 0.15) is 41.4 Å². The fraction of sp³-hybridized carbons (Fsp3) is 0.278. The van der Waals surface area contributed by atoms with Crippen molar-refractivity contribution in [1.82, 2.24) is 0 Å². The maximum absolute atomic E-state index is 11.3. The third-order valence-electron chi connectivity index (χ3n) is 4.25. The fourth-order valence-electron chi connectivity index (χ4n) is 3.19. The highest BCUT2D eigenvalue weighted by Crippen LogP contribution is 2.46. The van der Waals surface area contributed by atoms with Gasteiger partial charge in [-0.15, -0.1) is 0 Å². The Hall–Kier alpha value is -2.29. The summed E-state index contributed by atoms with van der Waals surface area (Å²) in [5.74, 6) is -0.398. The first-order valence-corrected chi connectivity index (χ1v) is 7.21. The van der Waals surface area contributed by atoms with E-state index in [1.165, 1.54) is 11.1 Å². The summed E-state index contributed by atoms with van der Waals surface area (Å²) in [6, 6.07) is 16.2. The number of anilines is 1. The number of carbonyl (C=O) groups is 1. The molecule has 0 radical (unpaired) electrons. The standard InChI is InChI=1S/C18H20N2O/c1-18(2)11-13-6-3-4-9-15(13)16(18)20-14-8-5-7-12(10-14)17(19)21/h3-10,16,20H,11H2,1-2H3,(H2,19,21). The second-order valence-electron chi connectivity index (χ2n) is 6.39. The van der Waals surface area contributed by atoms with Crippen LogP contribution in [0.25, 0.3) is 0 Å². The Balaban J connectivity index is 1.94. The maximum atomic E-state index is 11.3. The Morgan fingerprint density at radius 3 is 2.71 bits per heavy atom. The van der Waals surface area contributed by atoms with Crippen LogP contribution in [0.3, 0.4) is 0 Å². The molecule has 3 nitrogen and oxygen atoms in total. The summed E-state index contributed by atoms with van der Waals surface area (Å²) < 4.78 is 0. The molecule has 1 aliphatic rings. The average molecular weight is 280 g/mol. The monoisotopic (exact) mass is 280 g/mol. The molecule has 2 aromatic carbocycles. The predicted molar refractivity (Wildman–Crippen MR) is 85.3 cm³/mol. The van der Waals surface area contributed by atoms with Crippen LogP contribution < -0.4 is 11.1 Å². The molecule has 1 atom stereocenters. The van der Waals surface area contributed by atoms with E-state index in [-0.39, 0.29) is 11.5 Å². The first kappa shape index (κ1) is 13.7. The van der Waals surface area contributed by atoms with Gasteiger partial charge in [-0.3, -0.25) is 4.79 Å². The number of primary amides is 1. The molecule has 1 amide bonds. The van der Waals surface area contributed by atoms with E-state index in [0.717, 1.165) is 12.1 Å². The summed E-state index contributed by atoms with van der Waals surface area (Å²) in [6.45, 7) is 4.53. The van der Waals surface area contributed by atoms with Crippen molar-refractivity contribution in [3.05, 3.63) is 65.2 Å². The molecule has 3 rings (SSSR count). The van der Waals surface area contributed by atoms with Crippen LogP contribution in [0.2, 0.25) is 0 Å². The number of nitrogens with one attached hydrogen (secondary N) is 1. The lowest BCUT2D eigenvalue weighted by molar-refractivity contribution is 0.100. The van der Waals surface area contributed by atoms with Crippen LogP contribution in [0.4, 0.5) is 5.69 Å². The van der Waals surface area contributed by atoms with E-state index in [1.807, 2.05) is 18.2 Å². The largest absolute Gasteiger partial charge is 0.378 e. The van der Waals surface area contributed by atoms with E-state index in [4.69, 9.17) is 5.73 Å². The Morgan fingerprint density at radius 2 is 1.95 bits per heavy atom. The van der Waals surface area contributed by atoms with Crippen LogP contribution >= 0.6 is 0 Å². The quantitative estimate of drug-likeness (QED) is 0.903. The molecule has 1 unspecified atom stereocenters. The smallest absolute Gasteiger partial charge is 0.248 e. The number of nitrogens with two attached hydrogens (primary N) is 1. The van der Waals surface area contributed by atoms with Crippen LogP contribution in [0.15, 0.2) is 48.5 Å². The van der Waals surface area contributed by atoms with Gasteiger partial charge in [0.2, 0.25) is 5.91 Å². The molecule has 3 N–H and O–H groups in total. The number of benzene rings is 2. The van der Waals surface area contributed by atoms with Gasteiger partial charge in [0.15, 0.2) is 0 Å². The van der Waals surface area contributed by atoms with E-state index >= 15 is 0 Å². The molecule has 108 valence electrons. The summed E-state index contributed by atoms with van der Waals surface area (Å²) in [6.07, 6.45) is 1.05. The van der Waals surface area contributed by atoms with E-state index in [0.29, 0.717) is 5.56 Å². The van der Waals surface area contributed by atoms with Gasteiger partial charge in [0.05, 0.1) is 6.04 Å². The van der Waals surface area contributed by atoms with Crippen molar-refractivity contribution < 1.29 is 4.79 Å². The van der Waals surface area contributed by atoms with Gasteiger partial charge in [-0.25, -0.2) is 0 Å². The summed E-state index contributed by atoms with van der Waals surface area (Å²) in [4.78, 5) is 11.3. The molecule has 0 aliphatic heterocycles. The molecule has 0 saturated heterocycles. The second-order valence-corrected chi connectivity index (χ2v) is 6.39. The predicted octanol–water partition coefficient (Wildman–Crippen LogP) is 3.52. The van der Waals surface area contributed by atoms with Crippen molar-refractivity contribution in [3.63, 3.8) is 0 Å². The number of carbonyl (C=O) groups excluding carboxylic acids is 1. The van der Waals surface area contributed by atoms with E-state index < -0.39 is 5.91 Å². The van der Waals surface area contributed by atoms with Gasteiger partial charge >= 0.3 is 0 Å².